The second kappa shape index (κ2) is 17.0. The number of nitrogens with zero attached hydrogens (tertiary/aromatic N) is 5. The van der Waals surface area contributed by atoms with Crippen LogP contribution in [0.25, 0.3) is 89.0 Å². The van der Waals surface area contributed by atoms with Gasteiger partial charge in [-0.15, -0.1) is 0 Å². The smallest absolute Gasteiger partial charge is 0.164 e. The average Bonchev–Trinajstić information content (AvgIpc) is 3.92. The summed E-state index contributed by atoms with van der Waals surface area (Å²) in [5.41, 5.74) is 17.0. The number of benzene rings is 7. The van der Waals surface area contributed by atoms with Gasteiger partial charge in [-0.05, 0) is 54.4 Å². The first kappa shape index (κ1) is 39.4. The van der Waals surface area contributed by atoms with Crippen molar-refractivity contribution in [2.24, 2.45) is 15.7 Å². The lowest BCUT2D eigenvalue weighted by atomic mass is 9.98. The number of fused-ring (bicyclic) bond motifs is 6. The SMILES string of the molecule is C=C/C=C(\C=C/C)c1nc(-c2ccccc2)nc(-c2cccc3oc4ccc(-c5ccc6oc7cccc(C(=C)N=C(N=C(N)c8ccccc8)c8ccccc8)c7c6c5)cc4c23)n1. The Hall–Kier alpha value is -8.75. The molecule has 0 spiro atoms. The Balaban J connectivity index is 1.09. The fourth-order valence-electron chi connectivity index (χ4n) is 8.01. The van der Waals surface area contributed by atoms with E-state index in [1.54, 1.807) is 6.08 Å². The van der Waals surface area contributed by atoms with E-state index in [0.717, 1.165) is 88.4 Å². The Kier molecular flexibility index (Phi) is 10.4. The number of furan rings is 2. The van der Waals surface area contributed by atoms with E-state index in [-0.39, 0.29) is 0 Å². The van der Waals surface area contributed by atoms with Crippen LogP contribution in [-0.2, 0) is 0 Å². The number of aromatic nitrogens is 3. The molecule has 0 unspecified atom stereocenters. The van der Waals surface area contributed by atoms with Gasteiger partial charge < -0.3 is 14.6 Å². The summed E-state index contributed by atoms with van der Waals surface area (Å²) in [6.07, 6.45) is 7.58. The summed E-state index contributed by atoms with van der Waals surface area (Å²) >= 11 is 0. The van der Waals surface area contributed by atoms with Crippen LogP contribution in [0.4, 0.5) is 0 Å². The molecule has 0 aliphatic rings. The van der Waals surface area contributed by atoms with Crippen LogP contribution in [0.1, 0.15) is 29.4 Å². The first-order valence-corrected chi connectivity index (χ1v) is 20.9. The molecule has 8 nitrogen and oxygen atoms in total. The minimum absolute atomic E-state index is 0.358. The second-order valence-electron chi connectivity index (χ2n) is 15.1. The summed E-state index contributed by atoms with van der Waals surface area (Å²) in [6.45, 7) is 10.4. The summed E-state index contributed by atoms with van der Waals surface area (Å²) in [6, 6.07) is 53.8. The van der Waals surface area contributed by atoms with Gasteiger partial charge in [0.2, 0.25) is 0 Å². The minimum Gasteiger partial charge on any atom is -0.456 e. The van der Waals surface area contributed by atoms with Crippen LogP contribution in [0.5, 0.6) is 0 Å². The van der Waals surface area contributed by atoms with Gasteiger partial charge in [-0.3, -0.25) is 0 Å². The van der Waals surface area contributed by atoms with Crippen LogP contribution in [0.15, 0.2) is 220 Å². The van der Waals surface area contributed by atoms with Gasteiger partial charge in [-0.1, -0.05) is 165 Å². The molecule has 3 aromatic heterocycles. The Bertz CT molecular complexity index is 3540. The van der Waals surface area contributed by atoms with Gasteiger partial charge in [0, 0.05) is 54.9 Å². The summed E-state index contributed by atoms with van der Waals surface area (Å²) in [5.74, 6) is 2.46. The van der Waals surface area contributed by atoms with Gasteiger partial charge in [0.25, 0.3) is 0 Å². The van der Waals surface area contributed by atoms with Crippen molar-refractivity contribution in [1.82, 2.24) is 15.0 Å². The van der Waals surface area contributed by atoms with E-state index < -0.39 is 0 Å². The van der Waals surface area contributed by atoms with Crippen molar-refractivity contribution < 1.29 is 8.83 Å². The highest BCUT2D eigenvalue weighted by atomic mass is 16.3. The number of allylic oxidation sites excluding steroid dienone is 5. The molecule has 0 amide bonds. The zero-order valence-electron chi connectivity index (χ0n) is 34.9. The van der Waals surface area contributed by atoms with Crippen LogP contribution >= 0.6 is 0 Å². The number of amidine groups is 2. The summed E-state index contributed by atoms with van der Waals surface area (Å²) in [5, 5.41) is 3.68. The maximum atomic E-state index is 6.53. The number of nitrogens with two attached hydrogens (primary N) is 1. The lowest BCUT2D eigenvalue weighted by Gasteiger charge is -2.10. The highest BCUT2D eigenvalue weighted by molar-refractivity contribution is 6.16. The van der Waals surface area contributed by atoms with E-state index in [9.17, 15) is 0 Å². The molecule has 0 radical (unpaired) electrons. The molecule has 0 aliphatic carbocycles. The molecule has 10 rings (SSSR count). The highest BCUT2D eigenvalue weighted by Gasteiger charge is 2.20. The van der Waals surface area contributed by atoms with Crippen molar-refractivity contribution in [3.63, 3.8) is 0 Å². The zero-order valence-corrected chi connectivity index (χ0v) is 34.9. The van der Waals surface area contributed by atoms with Crippen LogP contribution < -0.4 is 5.73 Å². The van der Waals surface area contributed by atoms with Crippen LogP contribution in [0.3, 0.4) is 0 Å². The van der Waals surface area contributed by atoms with Crippen LogP contribution in [-0.4, -0.2) is 26.6 Å². The standard InChI is InChI=1S/C56H40N6O2/c1-4-17-37(18-5-2)54-60-55(39-23-13-8-14-24-39)62-56(61-54)43-26-16-28-49-51(43)45-34-41(30-32-47(45)64-49)40-29-31-46-44(33-40)50-42(25-15-27-48(50)63-46)35(3)58-53(38-21-11-7-12-22-38)59-52(57)36-19-9-6-10-20-36/h4-34H,1,3H2,2H3,(H2,57,58,59)/b18-5-,37-17+. The number of hydrogen-bond acceptors (Lipinski definition) is 6. The molecule has 64 heavy (non-hydrogen) atoms. The second-order valence-corrected chi connectivity index (χ2v) is 15.1. The topological polar surface area (TPSA) is 116 Å². The lowest BCUT2D eigenvalue weighted by Crippen LogP contribution is -2.16. The van der Waals surface area contributed by atoms with Gasteiger partial charge in [0.1, 0.15) is 28.2 Å². The Morgan fingerprint density at radius 2 is 1.17 bits per heavy atom. The predicted molar refractivity (Wildman–Crippen MR) is 263 cm³/mol. The largest absolute Gasteiger partial charge is 0.456 e. The molecular weight excluding hydrogens is 789 g/mol. The van der Waals surface area contributed by atoms with E-state index in [2.05, 4.69) is 37.4 Å². The molecular formula is C56H40N6O2. The number of aliphatic imine (C=N–C) groups is 2. The van der Waals surface area contributed by atoms with Crippen LogP contribution in [0, 0.1) is 0 Å². The van der Waals surface area contributed by atoms with E-state index >= 15 is 0 Å². The van der Waals surface area contributed by atoms with Gasteiger partial charge in [-0.25, -0.2) is 24.9 Å². The van der Waals surface area contributed by atoms with Gasteiger partial charge in [0.15, 0.2) is 23.3 Å². The maximum absolute atomic E-state index is 6.53. The lowest BCUT2D eigenvalue weighted by molar-refractivity contribution is 0.668. The zero-order chi connectivity index (χ0) is 43.6. The molecule has 306 valence electrons. The first-order chi connectivity index (χ1) is 31.4. The van der Waals surface area contributed by atoms with Crippen molar-refractivity contribution in [2.45, 2.75) is 6.92 Å². The molecule has 0 fully saturated rings. The summed E-state index contributed by atoms with van der Waals surface area (Å²) < 4.78 is 12.9. The summed E-state index contributed by atoms with van der Waals surface area (Å²) in [4.78, 5) is 24.9. The van der Waals surface area contributed by atoms with Crippen molar-refractivity contribution in [3.8, 4) is 33.9 Å². The normalized spacial score (nSPS) is 12.5. The third-order valence-corrected chi connectivity index (χ3v) is 11.0. The van der Waals surface area contributed by atoms with E-state index in [0.29, 0.717) is 34.8 Å². The molecule has 3 heterocycles. The summed E-state index contributed by atoms with van der Waals surface area (Å²) in [7, 11) is 0. The minimum atomic E-state index is 0.358. The number of hydrogen-bond donors (Lipinski definition) is 1. The molecule has 0 bridgehead atoms. The third-order valence-electron chi connectivity index (χ3n) is 11.0. The molecule has 0 atom stereocenters. The molecule has 0 aliphatic heterocycles. The van der Waals surface area contributed by atoms with Crippen molar-refractivity contribution in [1.29, 1.82) is 0 Å². The van der Waals surface area contributed by atoms with Crippen molar-refractivity contribution in [2.75, 3.05) is 0 Å². The fourth-order valence-corrected chi connectivity index (χ4v) is 8.01. The van der Waals surface area contributed by atoms with Gasteiger partial charge >= 0.3 is 0 Å². The van der Waals surface area contributed by atoms with Gasteiger partial charge in [0.05, 0.1) is 5.70 Å². The Labute approximate surface area is 369 Å². The Morgan fingerprint density at radius 3 is 1.83 bits per heavy atom. The van der Waals surface area contributed by atoms with Gasteiger partial charge in [-0.2, -0.15) is 0 Å². The maximum Gasteiger partial charge on any atom is 0.164 e. The predicted octanol–water partition coefficient (Wildman–Crippen LogP) is 13.6. The molecule has 2 N–H and O–H groups in total. The molecule has 0 saturated carbocycles. The number of rotatable bonds is 10. The molecule has 0 saturated heterocycles. The first-order valence-electron chi connectivity index (χ1n) is 20.9. The Morgan fingerprint density at radius 1 is 0.578 bits per heavy atom. The average molecular weight is 829 g/mol. The molecule has 10 aromatic rings. The van der Waals surface area contributed by atoms with E-state index in [4.69, 9.17) is 39.5 Å². The van der Waals surface area contributed by atoms with E-state index in [1.165, 1.54) is 0 Å². The van der Waals surface area contributed by atoms with Crippen molar-refractivity contribution in [3.05, 3.63) is 224 Å². The monoisotopic (exact) mass is 828 g/mol. The molecule has 8 heteroatoms. The molecule has 7 aromatic carbocycles. The third kappa shape index (κ3) is 7.50. The highest BCUT2D eigenvalue weighted by Crippen LogP contribution is 2.41. The quantitative estimate of drug-likeness (QED) is 0.0834. The van der Waals surface area contributed by atoms with Crippen LogP contribution in [0.2, 0.25) is 0 Å². The fraction of sp³-hybridized carbons (Fsp3) is 0.0179. The van der Waals surface area contributed by atoms with E-state index in [1.807, 2.05) is 165 Å². The van der Waals surface area contributed by atoms with Crippen molar-refractivity contribution >= 4 is 66.8 Å².